The van der Waals surface area contributed by atoms with Gasteiger partial charge in [-0.2, -0.15) is 5.26 Å². The zero-order chi connectivity index (χ0) is 13.0. The molecule has 4 nitrogen and oxygen atoms in total. The van der Waals surface area contributed by atoms with Gasteiger partial charge in [-0.25, -0.2) is 9.97 Å². The van der Waals surface area contributed by atoms with Crippen LogP contribution in [0.25, 0.3) is 11.3 Å². The standard InChI is InChI=1S/C13H10BrN3O/c1-18-12-3-2-9(14)8-10(12)11-5-7-16-13(17-11)4-6-15/h2-3,5,7-8H,4H2,1H3. The van der Waals surface area contributed by atoms with Crippen molar-refractivity contribution in [2.45, 2.75) is 6.42 Å². The lowest BCUT2D eigenvalue weighted by Crippen LogP contribution is -1.96. The molecule has 0 spiro atoms. The number of ether oxygens (including phenoxy) is 1. The van der Waals surface area contributed by atoms with Gasteiger partial charge in [-0.3, -0.25) is 0 Å². The summed E-state index contributed by atoms with van der Waals surface area (Å²) in [6.07, 6.45) is 1.85. The number of hydrogen-bond acceptors (Lipinski definition) is 4. The maximum absolute atomic E-state index is 8.66. The van der Waals surface area contributed by atoms with Gasteiger partial charge in [-0.15, -0.1) is 0 Å². The lowest BCUT2D eigenvalue weighted by molar-refractivity contribution is 0.416. The molecule has 0 aliphatic heterocycles. The Labute approximate surface area is 113 Å². The summed E-state index contributed by atoms with van der Waals surface area (Å²) in [6.45, 7) is 0. The zero-order valence-corrected chi connectivity index (χ0v) is 11.3. The van der Waals surface area contributed by atoms with E-state index in [0.717, 1.165) is 21.5 Å². The minimum absolute atomic E-state index is 0.199. The molecule has 2 aromatic rings. The minimum Gasteiger partial charge on any atom is -0.496 e. The smallest absolute Gasteiger partial charge is 0.142 e. The second kappa shape index (κ2) is 5.61. The predicted molar refractivity (Wildman–Crippen MR) is 71.0 cm³/mol. The average molecular weight is 304 g/mol. The molecule has 0 aliphatic rings. The van der Waals surface area contributed by atoms with Gasteiger partial charge >= 0.3 is 0 Å². The Morgan fingerprint density at radius 1 is 1.39 bits per heavy atom. The lowest BCUT2D eigenvalue weighted by Gasteiger charge is -2.08. The molecule has 5 heteroatoms. The van der Waals surface area contributed by atoms with Crippen molar-refractivity contribution >= 4 is 15.9 Å². The van der Waals surface area contributed by atoms with Crippen LogP contribution in [0, 0.1) is 11.3 Å². The van der Waals surface area contributed by atoms with Gasteiger partial charge in [0.2, 0.25) is 0 Å². The van der Waals surface area contributed by atoms with E-state index in [-0.39, 0.29) is 6.42 Å². The number of benzene rings is 1. The van der Waals surface area contributed by atoms with Gasteiger partial charge in [-0.05, 0) is 24.3 Å². The fourth-order valence-corrected chi connectivity index (χ4v) is 1.95. The van der Waals surface area contributed by atoms with Crippen molar-refractivity contribution in [3.8, 4) is 23.1 Å². The summed E-state index contributed by atoms with van der Waals surface area (Å²) in [5.74, 6) is 1.25. The Hall–Kier alpha value is -1.93. The Balaban J connectivity index is 2.51. The number of methoxy groups -OCH3 is 1. The molecule has 2 rings (SSSR count). The van der Waals surface area contributed by atoms with Crippen molar-refractivity contribution in [1.29, 1.82) is 5.26 Å². The Morgan fingerprint density at radius 3 is 2.94 bits per heavy atom. The molecule has 0 bridgehead atoms. The third kappa shape index (κ3) is 2.66. The fourth-order valence-electron chi connectivity index (χ4n) is 1.59. The maximum atomic E-state index is 8.66. The summed E-state index contributed by atoms with van der Waals surface area (Å²) < 4.78 is 6.25. The summed E-state index contributed by atoms with van der Waals surface area (Å²) >= 11 is 3.42. The summed E-state index contributed by atoms with van der Waals surface area (Å²) in [5.41, 5.74) is 1.61. The third-order valence-corrected chi connectivity index (χ3v) is 2.87. The molecule has 0 N–H and O–H groups in total. The second-order valence-electron chi connectivity index (χ2n) is 3.54. The molecule has 18 heavy (non-hydrogen) atoms. The Bertz CT molecular complexity index is 607. The first-order valence-corrected chi connectivity index (χ1v) is 6.06. The summed E-state index contributed by atoms with van der Waals surface area (Å²) in [6, 6.07) is 9.53. The monoisotopic (exact) mass is 303 g/mol. The first-order chi connectivity index (χ1) is 8.74. The van der Waals surface area contributed by atoms with Gasteiger partial charge in [0.05, 0.1) is 25.3 Å². The number of rotatable bonds is 3. The molecule has 0 radical (unpaired) electrons. The number of nitrogens with zero attached hydrogens (tertiary/aromatic N) is 3. The number of halogens is 1. The highest BCUT2D eigenvalue weighted by Crippen LogP contribution is 2.31. The second-order valence-corrected chi connectivity index (χ2v) is 4.45. The first-order valence-electron chi connectivity index (χ1n) is 5.27. The number of nitriles is 1. The van der Waals surface area contributed by atoms with Crippen LogP contribution in [-0.4, -0.2) is 17.1 Å². The van der Waals surface area contributed by atoms with Crippen molar-refractivity contribution in [1.82, 2.24) is 9.97 Å². The van der Waals surface area contributed by atoms with E-state index < -0.39 is 0 Å². The highest BCUT2D eigenvalue weighted by Gasteiger charge is 2.09. The van der Waals surface area contributed by atoms with Crippen molar-refractivity contribution in [2.24, 2.45) is 0 Å². The van der Waals surface area contributed by atoms with Crippen LogP contribution in [0.15, 0.2) is 34.9 Å². The highest BCUT2D eigenvalue weighted by molar-refractivity contribution is 9.10. The van der Waals surface area contributed by atoms with Crippen molar-refractivity contribution < 1.29 is 4.74 Å². The van der Waals surface area contributed by atoms with E-state index in [9.17, 15) is 0 Å². The summed E-state index contributed by atoms with van der Waals surface area (Å²) in [4.78, 5) is 8.39. The molecule has 0 fully saturated rings. The van der Waals surface area contributed by atoms with E-state index in [1.165, 1.54) is 0 Å². The van der Waals surface area contributed by atoms with Crippen LogP contribution in [0.4, 0.5) is 0 Å². The molecule has 1 heterocycles. The van der Waals surface area contributed by atoms with Crippen LogP contribution in [0.2, 0.25) is 0 Å². The molecule has 90 valence electrons. The first kappa shape index (κ1) is 12.5. The van der Waals surface area contributed by atoms with Gasteiger partial charge < -0.3 is 4.74 Å². The largest absolute Gasteiger partial charge is 0.496 e. The molecule has 0 saturated heterocycles. The molecule has 1 aromatic carbocycles. The lowest BCUT2D eigenvalue weighted by atomic mass is 10.1. The third-order valence-electron chi connectivity index (χ3n) is 2.38. The van der Waals surface area contributed by atoms with Gasteiger partial charge in [0, 0.05) is 16.2 Å². The van der Waals surface area contributed by atoms with Crippen LogP contribution in [0.5, 0.6) is 5.75 Å². The van der Waals surface area contributed by atoms with Crippen LogP contribution < -0.4 is 4.74 Å². The average Bonchev–Trinajstić information content (AvgIpc) is 2.39. The normalized spacial score (nSPS) is 9.83. The molecule has 0 saturated carbocycles. The molecule has 0 unspecified atom stereocenters. The van der Waals surface area contributed by atoms with E-state index in [2.05, 4.69) is 25.9 Å². The van der Waals surface area contributed by atoms with Crippen LogP contribution in [0.1, 0.15) is 5.82 Å². The van der Waals surface area contributed by atoms with Crippen LogP contribution >= 0.6 is 15.9 Å². The Morgan fingerprint density at radius 2 is 2.22 bits per heavy atom. The van der Waals surface area contributed by atoms with E-state index in [1.54, 1.807) is 19.4 Å². The summed E-state index contributed by atoms with van der Waals surface area (Å²) in [7, 11) is 1.62. The van der Waals surface area contributed by atoms with Crippen LogP contribution in [0.3, 0.4) is 0 Å². The predicted octanol–water partition coefficient (Wildman–Crippen LogP) is 2.98. The van der Waals surface area contributed by atoms with Crippen molar-refractivity contribution in [3.63, 3.8) is 0 Å². The Kier molecular flexibility index (Phi) is 3.90. The zero-order valence-electron chi connectivity index (χ0n) is 9.72. The molecule has 1 aromatic heterocycles. The molecule has 0 aliphatic carbocycles. The fraction of sp³-hybridized carbons (Fsp3) is 0.154. The quantitative estimate of drug-likeness (QED) is 0.874. The van der Waals surface area contributed by atoms with Gasteiger partial charge in [0.15, 0.2) is 0 Å². The maximum Gasteiger partial charge on any atom is 0.142 e. The van der Waals surface area contributed by atoms with Crippen LogP contribution in [-0.2, 0) is 6.42 Å². The highest BCUT2D eigenvalue weighted by atomic mass is 79.9. The molecule has 0 amide bonds. The van der Waals surface area contributed by atoms with E-state index in [4.69, 9.17) is 10.00 Å². The van der Waals surface area contributed by atoms with Gasteiger partial charge in [0.25, 0.3) is 0 Å². The molecular formula is C13H10BrN3O. The van der Waals surface area contributed by atoms with E-state index >= 15 is 0 Å². The van der Waals surface area contributed by atoms with Gasteiger partial charge in [0.1, 0.15) is 11.6 Å². The van der Waals surface area contributed by atoms with E-state index in [0.29, 0.717) is 5.82 Å². The topological polar surface area (TPSA) is 58.8 Å². The molecule has 0 atom stereocenters. The number of hydrogen-bond donors (Lipinski definition) is 0. The molecular weight excluding hydrogens is 294 g/mol. The SMILES string of the molecule is COc1ccc(Br)cc1-c1ccnc(CC#N)n1. The minimum atomic E-state index is 0.199. The van der Waals surface area contributed by atoms with E-state index in [1.807, 2.05) is 24.3 Å². The van der Waals surface area contributed by atoms with Crippen molar-refractivity contribution in [3.05, 3.63) is 40.8 Å². The number of aromatic nitrogens is 2. The summed E-state index contributed by atoms with van der Waals surface area (Å²) in [5, 5.41) is 8.66. The van der Waals surface area contributed by atoms with Gasteiger partial charge in [-0.1, -0.05) is 15.9 Å². The van der Waals surface area contributed by atoms with Crippen molar-refractivity contribution in [2.75, 3.05) is 7.11 Å².